The van der Waals surface area contributed by atoms with Gasteiger partial charge in [-0.1, -0.05) is 186 Å². The molecule has 0 bridgehead atoms. The van der Waals surface area contributed by atoms with E-state index in [9.17, 15) is 2.74 Å². The molecule has 0 fully saturated rings. The third-order valence-electron chi connectivity index (χ3n) is 15.4. The molecule has 0 saturated carbocycles. The summed E-state index contributed by atoms with van der Waals surface area (Å²) < 4.78 is 56.5. The molecule has 6 nitrogen and oxygen atoms in total. The third kappa shape index (κ3) is 8.86. The molecule has 3 aromatic heterocycles. The van der Waals surface area contributed by atoms with Gasteiger partial charge >= 0.3 is 0 Å². The predicted molar refractivity (Wildman–Crippen MR) is 332 cm³/mol. The topological polar surface area (TPSA) is 37.9 Å². The Morgan fingerprint density at radius 1 is 0.538 bits per heavy atom. The summed E-state index contributed by atoms with van der Waals surface area (Å²) in [5.41, 5.74) is 12.4. The fourth-order valence-corrected chi connectivity index (χ4v) is 12.3. The van der Waals surface area contributed by atoms with Gasteiger partial charge in [0.2, 0.25) is 5.69 Å². The third-order valence-corrected chi connectivity index (χ3v) is 16.7. The van der Waals surface area contributed by atoms with E-state index < -0.39 is 6.04 Å². The van der Waals surface area contributed by atoms with Crippen LogP contribution in [-0.2, 0) is 21.7 Å². The van der Waals surface area contributed by atoms with Crippen molar-refractivity contribution in [3.8, 4) is 39.6 Å². The number of para-hydroxylation sites is 3. The monoisotopic (exact) mass is 1040 g/mol. The molecule has 4 heterocycles. The van der Waals surface area contributed by atoms with E-state index in [1.807, 2.05) is 42.6 Å². The Labute approximate surface area is 471 Å². The highest BCUT2D eigenvalue weighted by Crippen LogP contribution is 2.52. The number of rotatable bonds is 7. The van der Waals surface area contributed by atoms with Gasteiger partial charge in [-0.3, -0.25) is 4.57 Å². The first-order valence-corrected chi connectivity index (χ1v) is 27.6. The molecule has 1 aliphatic rings. The van der Waals surface area contributed by atoms with Crippen LogP contribution in [0, 0.1) is 6.57 Å². The van der Waals surface area contributed by atoms with Crippen LogP contribution in [0.4, 0.5) is 28.4 Å². The normalized spacial score (nSPS) is 14.2. The van der Waals surface area contributed by atoms with E-state index in [2.05, 4.69) is 205 Å². The molecule has 0 saturated heterocycles. The maximum atomic E-state index is 9.36. The van der Waals surface area contributed by atoms with Crippen molar-refractivity contribution >= 4 is 81.8 Å². The second-order valence-corrected chi connectivity index (χ2v) is 25.9. The van der Waals surface area contributed by atoms with Crippen LogP contribution in [0.1, 0.15) is 112 Å². The first-order chi connectivity index (χ1) is 39.2. The lowest BCUT2D eigenvalue weighted by Gasteiger charge is -2.30. The molecule has 0 amide bonds. The molecule has 0 atom stereocenters. The van der Waals surface area contributed by atoms with Gasteiger partial charge in [0.1, 0.15) is 24.0 Å². The van der Waals surface area contributed by atoms with Crippen LogP contribution in [0.25, 0.3) is 74.9 Å². The van der Waals surface area contributed by atoms with Crippen molar-refractivity contribution in [2.24, 2.45) is 0 Å². The summed E-state index contributed by atoms with van der Waals surface area (Å²) in [4.78, 5) is 13.5. The van der Waals surface area contributed by atoms with Crippen LogP contribution in [-0.4, -0.2) is 16.2 Å². The maximum Gasteiger partial charge on any atom is 0.204 e. The summed E-state index contributed by atoms with van der Waals surface area (Å²) in [6, 6.07) is 46.8. The molecule has 0 N–H and O–H groups in total. The SMILES string of the molecule is [2H]c1c([2H])c([2H])c(-c2cccc(-c3cc(C(C)(C)C)cc(C(C)(C)C)c3)c2N2CN(c3cc(Oc4ccc5c6c7sc8c([N+]#[C-])cccc8c7ccc6n(-c6cc(C(C)(C)C)ccn6)c5c4)cc(C(C)(C)C)c3)c3ccccc32)c([2H])c1[2H]. The molecule has 0 radical (unpaired) electrons. The Balaban J connectivity index is 1.03. The summed E-state index contributed by atoms with van der Waals surface area (Å²) in [6.07, 6.45) is 1.90. The number of thiophene rings is 1. The average Bonchev–Trinajstić information content (AvgIpc) is 2.09. The summed E-state index contributed by atoms with van der Waals surface area (Å²) in [5.74, 6) is 2.12. The van der Waals surface area contributed by atoms with Crippen molar-refractivity contribution in [1.82, 2.24) is 9.55 Å². The van der Waals surface area contributed by atoms with Crippen LogP contribution in [0.5, 0.6) is 11.5 Å². The first kappa shape index (κ1) is 44.9. The highest BCUT2D eigenvalue weighted by atomic mass is 32.1. The summed E-state index contributed by atoms with van der Waals surface area (Å²) in [7, 11) is 0. The average molecular weight is 1040 g/mol. The minimum Gasteiger partial charge on any atom is -0.457 e. The summed E-state index contributed by atoms with van der Waals surface area (Å²) in [6.45, 7) is 34.9. The number of anilines is 4. The van der Waals surface area contributed by atoms with Crippen molar-refractivity contribution < 1.29 is 11.6 Å². The summed E-state index contributed by atoms with van der Waals surface area (Å²) in [5, 5.41) is 4.35. The van der Waals surface area contributed by atoms with Crippen LogP contribution in [0.15, 0.2) is 176 Å². The molecule has 11 aromatic rings. The second-order valence-electron chi connectivity index (χ2n) is 24.9. The maximum absolute atomic E-state index is 9.36. The van der Waals surface area contributed by atoms with E-state index in [1.54, 1.807) is 11.3 Å². The number of pyridine rings is 1. The molecule has 7 heteroatoms. The van der Waals surface area contributed by atoms with Gasteiger partial charge in [0.15, 0.2) is 0 Å². The molecular weight excluding hydrogens is 971 g/mol. The Morgan fingerprint density at radius 3 is 1.85 bits per heavy atom. The molecule has 12 rings (SSSR count). The number of ether oxygens (including phenoxy) is 1. The smallest absolute Gasteiger partial charge is 0.204 e. The van der Waals surface area contributed by atoms with Gasteiger partial charge in [0.25, 0.3) is 0 Å². The highest BCUT2D eigenvalue weighted by Gasteiger charge is 2.33. The number of fused-ring (bicyclic) bond motifs is 8. The van der Waals surface area contributed by atoms with E-state index in [4.69, 9.17) is 20.4 Å². The van der Waals surface area contributed by atoms with E-state index in [-0.39, 0.29) is 51.4 Å². The minimum atomic E-state index is -0.431. The number of aromatic nitrogens is 2. The number of benzene rings is 8. The van der Waals surface area contributed by atoms with E-state index >= 15 is 0 Å². The van der Waals surface area contributed by atoms with Crippen molar-refractivity contribution in [2.45, 2.75) is 105 Å². The zero-order valence-electron chi connectivity index (χ0n) is 51.6. The number of hydrogen-bond acceptors (Lipinski definition) is 5. The predicted octanol–water partition coefficient (Wildman–Crippen LogP) is 20.7. The van der Waals surface area contributed by atoms with Crippen LogP contribution in [0.3, 0.4) is 0 Å². The molecule has 1 aliphatic heterocycles. The fourth-order valence-electron chi connectivity index (χ4n) is 11.0. The van der Waals surface area contributed by atoms with Crippen LogP contribution in [0.2, 0.25) is 0 Å². The van der Waals surface area contributed by atoms with Gasteiger partial charge in [-0.05, 0) is 120 Å². The van der Waals surface area contributed by atoms with Crippen LogP contribution < -0.4 is 14.5 Å². The molecule has 0 spiro atoms. The Morgan fingerprint density at radius 2 is 1.17 bits per heavy atom. The highest BCUT2D eigenvalue weighted by molar-refractivity contribution is 7.27. The lowest BCUT2D eigenvalue weighted by molar-refractivity contribution is 0.479. The lowest BCUT2D eigenvalue weighted by atomic mass is 9.78. The van der Waals surface area contributed by atoms with Gasteiger partial charge in [-0.25, -0.2) is 9.83 Å². The van der Waals surface area contributed by atoms with Gasteiger partial charge < -0.3 is 14.5 Å². The Kier molecular flexibility index (Phi) is 10.6. The van der Waals surface area contributed by atoms with Crippen LogP contribution >= 0.6 is 11.3 Å². The van der Waals surface area contributed by atoms with Gasteiger partial charge in [-0.15, -0.1) is 11.3 Å². The fraction of sp³-hybridized carbons (Fsp3) is 0.239. The largest absolute Gasteiger partial charge is 0.457 e. The molecule has 0 aliphatic carbocycles. The van der Waals surface area contributed by atoms with Crippen molar-refractivity contribution in [3.05, 3.63) is 210 Å². The molecular formula is C71H67N5OS. The van der Waals surface area contributed by atoms with E-state index in [1.165, 1.54) is 16.7 Å². The zero-order valence-corrected chi connectivity index (χ0v) is 47.4. The molecule has 0 unspecified atom stereocenters. The van der Waals surface area contributed by atoms with E-state index in [0.29, 0.717) is 29.4 Å². The van der Waals surface area contributed by atoms with E-state index in [0.717, 1.165) is 87.2 Å². The van der Waals surface area contributed by atoms with Gasteiger partial charge in [0, 0.05) is 55.3 Å². The first-order valence-electron chi connectivity index (χ1n) is 29.3. The lowest BCUT2D eigenvalue weighted by Crippen LogP contribution is -2.25. The molecule has 8 aromatic carbocycles. The van der Waals surface area contributed by atoms with Crippen molar-refractivity contribution in [3.63, 3.8) is 0 Å². The van der Waals surface area contributed by atoms with Gasteiger partial charge in [0.05, 0.1) is 41.5 Å². The number of nitrogens with zero attached hydrogens (tertiary/aromatic N) is 5. The molecule has 388 valence electrons. The summed E-state index contributed by atoms with van der Waals surface area (Å²) >= 11 is 1.67. The zero-order chi connectivity index (χ0) is 59.0. The van der Waals surface area contributed by atoms with Crippen molar-refractivity contribution in [2.75, 3.05) is 16.5 Å². The van der Waals surface area contributed by atoms with Gasteiger partial charge in [-0.2, -0.15) is 0 Å². The number of hydrogen-bond donors (Lipinski definition) is 0. The standard InChI is InChI=1S/C71H67N5OS/c1-68(2,3)46-33-34-73-63(40-46)76-61-32-31-56-55-25-20-26-58(72-13)66(55)78-67(56)64(61)57-30-29-51(42-62(57)76)77-52-39-49(71(10,11)12)38-50(41-52)74-43-75(60-28-18-17-27-59(60)74)65-53(44-21-15-14-16-22-44)23-19-24-54(65)45-35-47(69(4,5)6)37-48(36-45)70(7,8)9/h14-42H,43H2,1-12H3/i14D,15D,16D,21D,22D. The molecule has 78 heavy (non-hydrogen) atoms. The minimum absolute atomic E-state index is 0.119. The Bertz CT molecular complexity index is 4480. The van der Waals surface area contributed by atoms with Crippen molar-refractivity contribution in [1.29, 1.82) is 0 Å². The Hall–Kier alpha value is -8.18. The second kappa shape index (κ2) is 18.5. The quantitative estimate of drug-likeness (QED) is 0.149.